The fourth-order valence-electron chi connectivity index (χ4n) is 3.73. The SMILES string of the molecule is CCCNC(=O)c1cccc(CN=C(NCC)N2CCOC(C3CCCO3)C2)c1.I. The second kappa shape index (κ2) is 13.1. The van der Waals surface area contributed by atoms with Crippen LogP contribution in [0, 0.1) is 0 Å². The van der Waals surface area contributed by atoms with Crippen molar-refractivity contribution in [2.24, 2.45) is 4.99 Å². The fourth-order valence-corrected chi connectivity index (χ4v) is 3.73. The third kappa shape index (κ3) is 7.09. The number of nitrogens with zero attached hydrogens (tertiary/aromatic N) is 2. The van der Waals surface area contributed by atoms with Crippen molar-refractivity contribution in [3.05, 3.63) is 35.4 Å². The van der Waals surface area contributed by atoms with Gasteiger partial charge in [0.05, 0.1) is 19.3 Å². The molecule has 7 nitrogen and oxygen atoms in total. The van der Waals surface area contributed by atoms with Gasteiger partial charge in [-0.25, -0.2) is 4.99 Å². The molecule has 0 aromatic heterocycles. The van der Waals surface area contributed by atoms with Crippen LogP contribution in [0.25, 0.3) is 0 Å². The van der Waals surface area contributed by atoms with E-state index in [1.54, 1.807) is 0 Å². The lowest BCUT2D eigenvalue weighted by Crippen LogP contribution is -2.53. The summed E-state index contributed by atoms with van der Waals surface area (Å²) < 4.78 is 11.8. The number of halogens is 1. The van der Waals surface area contributed by atoms with Gasteiger partial charge < -0.3 is 25.0 Å². The summed E-state index contributed by atoms with van der Waals surface area (Å²) >= 11 is 0. The largest absolute Gasteiger partial charge is 0.375 e. The average molecular weight is 530 g/mol. The van der Waals surface area contributed by atoms with E-state index in [-0.39, 0.29) is 42.1 Å². The van der Waals surface area contributed by atoms with Gasteiger partial charge in [-0.2, -0.15) is 0 Å². The fraction of sp³-hybridized carbons (Fsp3) is 0.636. The van der Waals surface area contributed by atoms with E-state index in [0.29, 0.717) is 25.3 Å². The summed E-state index contributed by atoms with van der Waals surface area (Å²) in [7, 11) is 0. The standard InChI is InChI=1S/C22H34N4O3.HI/c1-3-10-24-21(27)18-8-5-7-17(14-18)15-25-22(23-4-2)26-11-13-29-20(16-26)19-9-6-12-28-19;/h5,7-8,14,19-20H,3-4,6,9-13,15-16H2,1-2H3,(H,23,25)(H,24,27);1H. The Morgan fingerprint density at radius 1 is 1.20 bits per heavy atom. The summed E-state index contributed by atoms with van der Waals surface area (Å²) in [4.78, 5) is 19.3. The Morgan fingerprint density at radius 3 is 2.77 bits per heavy atom. The van der Waals surface area contributed by atoms with Crippen molar-refractivity contribution in [3.63, 3.8) is 0 Å². The lowest BCUT2D eigenvalue weighted by Gasteiger charge is -2.37. The van der Waals surface area contributed by atoms with E-state index in [0.717, 1.165) is 57.0 Å². The molecule has 0 radical (unpaired) electrons. The number of guanidine groups is 1. The molecule has 0 spiro atoms. The van der Waals surface area contributed by atoms with Crippen LogP contribution in [0.5, 0.6) is 0 Å². The molecule has 1 aromatic rings. The number of morpholine rings is 1. The van der Waals surface area contributed by atoms with Crippen molar-refractivity contribution in [1.29, 1.82) is 0 Å². The van der Waals surface area contributed by atoms with E-state index in [9.17, 15) is 4.79 Å². The number of ether oxygens (including phenoxy) is 2. The predicted molar refractivity (Wildman–Crippen MR) is 130 cm³/mol. The van der Waals surface area contributed by atoms with Gasteiger partial charge in [-0.3, -0.25) is 4.79 Å². The summed E-state index contributed by atoms with van der Waals surface area (Å²) in [6, 6.07) is 7.70. The molecule has 2 fully saturated rings. The highest BCUT2D eigenvalue weighted by Crippen LogP contribution is 2.21. The van der Waals surface area contributed by atoms with E-state index in [1.165, 1.54) is 0 Å². The van der Waals surface area contributed by atoms with Gasteiger partial charge in [0.1, 0.15) is 6.10 Å². The Morgan fingerprint density at radius 2 is 2.03 bits per heavy atom. The maximum Gasteiger partial charge on any atom is 0.251 e. The molecule has 0 bridgehead atoms. The number of amides is 1. The second-order valence-electron chi connectivity index (χ2n) is 7.53. The van der Waals surface area contributed by atoms with Crippen LogP contribution in [-0.4, -0.2) is 68.4 Å². The van der Waals surface area contributed by atoms with Crippen LogP contribution in [0.15, 0.2) is 29.3 Å². The molecule has 8 heteroatoms. The van der Waals surface area contributed by atoms with Crippen LogP contribution in [0.4, 0.5) is 0 Å². The molecule has 3 rings (SSSR count). The van der Waals surface area contributed by atoms with Gasteiger partial charge in [0, 0.05) is 38.3 Å². The minimum atomic E-state index is -0.0304. The molecule has 0 aliphatic carbocycles. The van der Waals surface area contributed by atoms with Crippen molar-refractivity contribution in [1.82, 2.24) is 15.5 Å². The zero-order valence-electron chi connectivity index (χ0n) is 18.1. The van der Waals surface area contributed by atoms with Gasteiger partial charge in [0.2, 0.25) is 0 Å². The molecule has 0 saturated carbocycles. The highest BCUT2D eigenvalue weighted by Gasteiger charge is 2.32. The molecule has 30 heavy (non-hydrogen) atoms. The summed E-state index contributed by atoms with van der Waals surface area (Å²) in [6.07, 6.45) is 3.40. The van der Waals surface area contributed by atoms with E-state index in [4.69, 9.17) is 14.5 Å². The first-order valence-corrected chi connectivity index (χ1v) is 10.8. The molecular formula is C22H35IN4O3. The highest BCUT2D eigenvalue weighted by molar-refractivity contribution is 14.0. The topological polar surface area (TPSA) is 75.2 Å². The van der Waals surface area contributed by atoms with Crippen LogP contribution >= 0.6 is 24.0 Å². The molecule has 2 atom stereocenters. The van der Waals surface area contributed by atoms with E-state index in [2.05, 4.69) is 22.5 Å². The number of carbonyl (C=O) groups excluding carboxylic acids is 1. The Labute approximate surface area is 197 Å². The Bertz CT molecular complexity index is 695. The van der Waals surface area contributed by atoms with Crippen molar-refractivity contribution in [2.45, 2.75) is 51.9 Å². The minimum Gasteiger partial charge on any atom is -0.375 e. The normalized spacial score (nSPS) is 21.8. The highest BCUT2D eigenvalue weighted by atomic mass is 127. The summed E-state index contributed by atoms with van der Waals surface area (Å²) in [5.74, 6) is 0.858. The Kier molecular flexibility index (Phi) is 10.9. The molecule has 2 aliphatic heterocycles. The number of aliphatic imine (C=N–C) groups is 1. The minimum absolute atomic E-state index is 0. The third-order valence-electron chi connectivity index (χ3n) is 5.24. The van der Waals surface area contributed by atoms with E-state index < -0.39 is 0 Å². The van der Waals surface area contributed by atoms with Crippen LogP contribution in [0.3, 0.4) is 0 Å². The zero-order chi connectivity index (χ0) is 20.5. The molecular weight excluding hydrogens is 495 g/mol. The van der Waals surface area contributed by atoms with Crippen molar-refractivity contribution >= 4 is 35.8 Å². The summed E-state index contributed by atoms with van der Waals surface area (Å²) in [5, 5.41) is 6.32. The molecule has 2 aliphatic rings. The number of carbonyl (C=O) groups is 1. The number of nitrogens with one attached hydrogen (secondary N) is 2. The lowest BCUT2D eigenvalue weighted by molar-refractivity contribution is -0.0817. The Balaban J connectivity index is 0.00000320. The molecule has 168 valence electrons. The first-order chi connectivity index (χ1) is 14.2. The number of hydrogen-bond donors (Lipinski definition) is 2. The third-order valence-corrected chi connectivity index (χ3v) is 5.24. The van der Waals surface area contributed by atoms with Gasteiger partial charge in [-0.1, -0.05) is 19.1 Å². The van der Waals surface area contributed by atoms with Gasteiger partial charge >= 0.3 is 0 Å². The van der Waals surface area contributed by atoms with E-state index in [1.807, 2.05) is 31.2 Å². The zero-order valence-corrected chi connectivity index (χ0v) is 20.4. The molecule has 2 N–H and O–H groups in total. The molecule has 2 saturated heterocycles. The first kappa shape index (κ1) is 24.9. The smallest absolute Gasteiger partial charge is 0.251 e. The number of benzene rings is 1. The van der Waals surface area contributed by atoms with Crippen LogP contribution in [0.1, 0.15) is 49.0 Å². The first-order valence-electron chi connectivity index (χ1n) is 10.8. The maximum absolute atomic E-state index is 12.2. The molecule has 2 heterocycles. The van der Waals surface area contributed by atoms with Gasteiger partial charge in [0.25, 0.3) is 5.91 Å². The van der Waals surface area contributed by atoms with Crippen LogP contribution < -0.4 is 10.6 Å². The number of hydrogen-bond acceptors (Lipinski definition) is 4. The monoisotopic (exact) mass is 530 g/mol. The van der Waals surface area contributed by atoms with Gasteiger partial charge in [-0.05, 0) is 43.9 Å². The van der Waals surface area contributed by atoms with E-state index >= 15 is 0 Å². The number of rotatable bonds is 7. The molecule has 1 amide bonds. The second-order valence-corrected chi connectivity index (χ2v) is 7.53. The lowest BCUT2D eigenvalue weighted by atomic mass is 10.1. The molecule has 2 unspecified atom stereocenters. The summed E-state index contributed by atoms with van der Waals surface area (Å²) in [6.45, 7) is 9.26. The van der Waals surface area contributed by atoms with Crippen molar-refractivity contribution < 1.29 is 14.3 Å². The Hall–Kier alpha value is -1.39. The van der Waals surface area contributed by atoms with Gasteiger partial charge in [-0.15, -0.1) is 24.0 Å². The van der Waals surface area contributed by atoms with Crippen LogP contribution in [-0.2, 0) is 16.0 Å². The quantitative estimate of drug-likeness (QED) is 0.322. The van der Waals surface area contributed by atoms with Crippen LogP contribution in [0.2, 0.25) is 0 Å². The van der Waals surface area contributed by atoms with Crippen molar-refractivity contribution in [3.8, 4) is 0 Å². The van der Waals surface area contributed by atoms with Gasteiger partial charge in [0.15, 0.2) is 5.96 Å². The predicted octanol–water partition coefficient (Wildman–Crippen LogP) is 2.79. The summed E-state index contributed by atoms with van der Waals surface area (Å²) in [5.41, 5.74) is 1.70. The molecule has 1 aromatic carbocycles. The van der Waals surface area contributed by atoms with Crippen molar-refractivity contribution in [2.75, 3.05) is 39.4 Å². The average Bonchev–Trinajstić information content (AvgIpc) is 3.30. The maximum atomic E-state index is 12.2.